The molecule has 0 aliphatic heterocycles. The third kappa shape index (κ3) is 3.65. The molecule has 12 heavy (non-hydrogen) atoms. The molecule has 6 nitrogen and oxygen atoms in total. The third-order valence-corrected chi connectivity index (χ3v) is 1.22. The molecular formula is C6H12N4O2. The van der Waals surface area contributed by atoms with E-state index in [2.05, 4.69) is 10.4 Å². The lowest BCUT2D eigenvalue weighted by Crippen LogP contribution is -2.21. The van der Waals surface area contributed by atoms with E-state index in [9.17, 15) is 9.59 Å². The lowest BCUT2D eigenvalue weighted by atomic mass is 10.7. The van der Waals surface area contributed by atoms with Gasteiger partial charge in [-0.2, -0.15) is 0 Å². The van der Waals surface area contributed by atoms with Crippen LogP contribution in [0.1, 0.15) is 13.8 Å². The van der Waals surface area contributed by atoms with Crippen LogP contribution >= 0.6 is 0 Å². The zero-order valence-electron chi connectivity index (χ0n) is 7.61. The van der Waals surface area contributed by atoms with Gasteiger partial charge < -0.3 is 0 Å². The Morgan fingerprint density at radius 1 is 0.917 bits per heavy atom. The Morgan fingerprint density at radius 2 is 1.17 bits per heavy atom. The highest BCUT2D eigenvalue weighted by Crippen LogP contribution is 1.90. The van der Waals surface area contributed by atoms with Crippen molar-refractivity contribution in [1.29, 1.82) is 0 Å². The maximum Gasteiger partial charge on any atom is 0.240 e. The molecule has 0 N–H and O–H groups in total. The van der Waals surface area contributed by atoms with Crippen LogP contribution in [0.4, 0.5) is 0 Å². The molecule has 0 bridgehead atoms. The minimum atomic E-state index is -0.240. The molecule has 0 aliphatic carbocycles. The normalized spacial score (nSPS) is 10.0. The Morgan fingerprint density at radius 3 is 1.33 bits per heavy atom. The smallest absolute Gasteiger partial charge is 0.240 e. The van der Waals surface area contributed by atoms with Crippen LogP contribution in [-0.4, -0.2) is 35.9 Å². The van der Waals surface area contributed by atoms with Crippen LogP contribution in [0, 0.1) is 0 Å². The lowest BCUT2D eigenvalue weighted by Gasteiger charge is -2.08. The predicted molar refractivity (Wildman–Crippen MR) is 41.7 cm³/mol. The molecule has 0 fully saturated rings. The van der Waals surface area contributed by atoms with E-state index in [1.807, 2.05) is 0 Å². The van der Waals surface area contributed by atoms with Crippen LogP contribution in [0.5, 0.6) is 0 Å². The maximum absolute atomic E-state index is 10.6. The molecule has 0 saturated heterocycles. The van der Waals surface area contributed by atoms with Crippen molar-refractivity contribution >= 4 is 11.8 Å². The van der Waals surface area contributed by atoms with Crippen molar-refractivity contribution in [2.45, 2.75) is 13.8 Å². The molecule has 2 amide bonds. The molecule has 0 rings (SSSR count). The first kappa shape index (κ1) is 10.5. The average molecular weight is 172 g/mol. The summed E-state index contributed by atoms with van der Waals surface area (Å²) in [5, 5.41) is 9.00. The van der Waals surface area contributed by atoms with E-state index in [0.717, 1.165) is 10.0 Å². The number of hydrogen-bond acceptors (Lipinski definition) is 4. The molecule has 0 saturated carbocycles. The van der Waals surface area contributed by atoms with E-state index < -0.39 is 0 Å². The van der Waals surface area contributed by atoms with Crippen molar-refractivity contribution in [2.75, 3.05) is 14.1 Å². The second-order valence-electron chi connectivity index (χ2n) is 2.26. The van der Waals surface area contributed by atoms with Gasteiger partial charge in [-0.25, -0.2) is 10.0 Å². The van der Waals surface area contributed by atoms with E-state index >= 15 is 0 Å². The molecule has 0 atom stereocenters. The highest BCUT2D eigenvalue weighted by molar-refractivity contribution is 5.73. The van der Waals surface area contributed by atoms with Crippen LogP contribution in [0.3, 0.4) is 0 Å². The molecule has 0 aromatic rings. The summed E-state index contributed by atoms with van der Waals surface area (Å²) in [4.78, 5) is 21.2. The van der Waals surface area contributed by atoms with Crippen LogP contribution in [0.25, 0.3) is 0 Å². The summed E-state index contributed by atoms with van der Waals surface area (Å²) in [5.74, 6) is -0.480. The number of carbonyl (C=O) groups excluding carboxylic acids is 2. The van der Waals surface area contributed by atoms with Gasteiger partial charge in [0.1, 0.15) is 0 Å². The monoisotopic (exact) mass is 172 g/mol. The Hall–Kier alpha value is -1.46. The van der Waals surface area contributed by atoms with Gasteiger partial charge >= 0.3 is 0 Å². The van der Waals surface area contributed by atoms with Gasteiger partial charge in [0.25, 0.3) is 0 Å². The maximum atomic E-state index is 10.6. The van der Waals surface area contributed by atoms with E-state index in [-0.39, 0.29) is 11.8 Å². The molecule has 6 heteroatoms. The van der Waals surface area contributed by atoms with E-state index in [0.29, 0.717) is 0 Å². The fourth-order valence-corrected chi connectivity index (χ4v) is 0.246. The zero-order valence-corrected chi connectivity index (χ0v) is 7.61. The summed E-state index contributed by atoms with van der Waals surface area (Å²) in [6, 6.07) is 0. The second kappa shape index (κ2) is 4.42. The van der Waals surface area contributed by atoms with Crippen LogP contribution in [0.2, 0.25) is 0 Å². The van der Waals surface area contributed by atoms with Gasteiger partial charge in [-0.3, -0.25) is 9.59 Å². The van der Waals surface area contributed by atoms with Crippen molar-refractivity contribution in [3.63, 3.8) is 0 Å². The SMILES string of the molecule is CC(=O)N(C)N=NN(C)C(C)=O. The first-order chi connectivity index (χ1) is 5.45. The average Bonchev–Trinajstić information content (AvgIpc) is 1.98. The molecule has 0 aliphatic rings. The Bertz CT molecular complexity index is 192. The van der Waals surface area contributed by atoms with Gasteiger partial charge in [0.05, 0.1) is 0 Å². The zero-order chi connectivity index (χ0) is 9.72. The highest BCUT2D eigenvalue weighted by atomic mass is 16.2. The Kier molecular flexibility index (Phi) is 3.89. The topological polar surface area (TPSA) is 65.3 Å². The molecule has 0 radical (unpaired) electrons. The molecule has 0 spiro atoms. The number of amides is 2. The second-order valence-corrected chi connectivity index (χ2v) is 2.26. The lowest BCUT2D eigenvalue weighted by molar-refractivity contribution is -0.131. The van der Waals surface area contributed by atoms with Crippen molar-refractivity contribution in [2.24, 2.45) is 10.4 Å². The van der Waals surface area contributed by atoms with Gasteiger partial charge in [0, 0.05) is 27.9 Å². The van der Waals surface area contributed by atoms with Gasteiger partial charge in [-0.1, -0.05) is 0 Å². The minimum Gasteiger partial charge on any atom is -0.273 e. The highest BCUT2D eigenvalue weighted by Gasteiger charge is 2.01. The summed E-state index contributed by atoms with van der Waals surface area (Å²) in [6.07, 6.45) is 0. The van der Waals surface area contributed by atoms with Gasteiger partial charge in [0.15, 0.2) is 0 Å². The van der Waals surface area contributed by atoms with Crippen molar-refractivity contribution in [1.82, 2.24) is 10.0 Å². The van der Waals surface area contributed by atoms with Gasteiger partial charge in [-0.15, -0.1) is 0 Å². The summed E-state index contributed by atoms with van der Waals surface area (Å²) in [5.41, 5.74) is 0. The summed E-state index contributed by atoms with van der Waals surface area (Å²) in [6.45, 7) is 2.71. The first-order valence-electron chi connectivity index (χ1n) is 3.35. The van der Waals surface area contributed by atoms with E-state index in [4.69, 9.17) is 0 Å². The van der Waals surface area contributed by atoms with Crippen molar-refractivity contribution in [3.8, 4) is 0 Å². The van der Waals surface area contributed by atoms with E-state index in [1.54, 1.807) is 0 Å². The van der Waals surface area contributed by atoms with Gasteiger partial charge in [-0.05, 0) is 10.4 Å². The third-order valence-electron chi connectivity index (χ3n) is 1.22. The number of carbonyl (C=O) groups is 2. The van der Waals surface area contributed by atoms with Gasteiger partial charge in [0.2, 0.25) is 11.8 Å². The summed E-state index contributed by atoms with van der Waals surface area (Å²) < 4.78 is 0. The quantitative estimate of drug-likeness (QED) is 0.442. The fraction of sp³-hybridized carbons (Fsp3) is 0.667. The molecule has 0 unspecified atom stereocenters. The fourth-order valence-electron chi connectivity index (χ4n) is 0.246. The Balaban J connectivity index is 4.06. The molecule has 0 heterocycles. The number of nitrogens with zero attached hydrogens (tertiary/aromatic N) is 4. The number of hydrogen-bond donors (Lipinski definition) is 0. The van der Waals surface area contributed by atoms with Crippen molar-refractivity contribution < 1.29 is 9.59 Å². The minimum absolute atomic E-state index is 0.240. The molecular weight excluding hydrogens is 160 g/mol. The van der Waals surface area contributed by atoms with Crippen molar-refractivity contribution in [3.05, 3.63) is 0 Å². The first-order valence-corrected chi connectivity index (χ1v) is 3.35. The van der Waals surface area contributed by atoms with Crippen LogP contribution in [-0.2, 0) is 9.59 Å². The molecule has 68 valence electrons. The molecule has 0 aromatic carbocycles. The largest absolute Gasteiger partial charge is 0.273 e. The standard InChI is InChI=1S/C6H12N4O2/c1-5(11)9(3)7-8-10(4)6(2)12/h1-4H3. The molecule has 0 aromatic heterocycles. The Labute approximate surface area is 70.8 Å². The van der Waals surface area contributed by atoms with Crippen LogP contribution < -0.4 is 0 Å². The summed E-state index contributed by atoms with van der Waals surface area (Å²) in [7, 11) is 2.92. The predicted octanol–water partition coefficient (Wildman–Crippen LogP) is 0.225. The number of rotatable bonds is 2. The van der Waals surface area contributed by atoms with Crippen LogP contribution in [0.15, 0.2) is 10.4 Å². The summed E-state index contributed by atoms with van der Waals surface area (Å²) >= 11 is 0. The van der Waals surface area contributed by atoms with E-state index in [1.165, 1.54) is 27.9 Å².